The quantitative estimate of drug-likeness (QED) is 0.358. The standard InChI is InChI=1S/C27H23BrO6/c1-3-31-21-6-4-17(5-7-21)9-24-26(29)25-16(2)8-22(12-23(25)34-24)32-14-19-11-20(28)10-18-13-30-15-33-27(18)19/h4-12H,3,13-15H2,1-2H3/b24-9-. The molecule has 0 saturated carbocycles. The molecule has 0 bridgehead atoms. The van der Waals surface area contributed by atoms with E-state index in [1.54, 1.807) is 12.1 Å². The molecule has 7 heteroatoms. The molecule has 3 aromatic carbocycles. The monoisotopic (exact) mass is 522 g/mol. The van der Waals surface area contributed by atoms with Crippen molar-refractivity contribution in [1.82, 2.24) is 0 Å². The Labute approximate surface area is 206 Å². The predicted octanol–water partition coefficient (Wildman–Crippen LogP) is 6.22. The first kappa shape index (κ1) is 22.5. The lowest BCUT2D eigenvalue weighted by Gasteiger charge is -2.21. The van der Waals surface area contributed by atoms with Crippen molar-refractivity contribution in [1.29, 1.82) is 0 Å². The summed E-state index contributed by atoms with van der Waals surface area (Å²) >= 11 is 3.53. The molecule has 0 N–H and O–H groups in total. The number of hydrogen-bond donors (Lipinski definition) is 0. The summed E-state index contributed by atoms with van der Waals surface area (Å²) in [4.78, 5) is 13.0. The van der Waals surface area contributed by atoms with Crippen LogP contribution in [-0.2, 0) is 18.0 Å². The number of carbonyl (C=O) groups excluding carboxylic acids is 1. The molecule has 6 nitrogen and oxygen atoms in total. The molecule has 0 radical (unpaired) electrons. The fourth-order valence-electron chi connectivity index (χ4n) is 4.06. The first-order chi connectivity index (χ1) is 16.5. The van der Waals surface area contributed by atoms with Crippen LogP contribution in [0.1, 0.15) is 39.5 Å². The van der Waals surface area contributed by atoms with Gasteiger partial charge in [0.05, 0.1) is 18.8 Å². The summed E-state index contributed by atoms with van der Waals surface area (Å²) < 4.78 is 29.5. The zero-order valence-electron chi connectivity index (χ0n) is 18.9. The summed E-state index contributed by atoms with van der Waals surface area (Å²) in [5, 5.41) is 0. The second-order valence-corrected chi connectivity index (χ2v) is 8.92. The third-order valence-corrected chi connectivity index (χ3v) is 6.04. The summed E-state index contributed by atoms with van der Waals surface area (Å²) in [5.41, 5.74) is 4.11. The molecule has 0 aromatic heterocycles. The van der Waals surface area contributed by atoms with E-state index in [0.29, 0.717) is 36.9 Å². The Balaban J connectivity index is 1.35. The molecule has 0 spiro atoms. The lowest BCUT2D eigenvalue weighted by molar-refractivity contribution is -0.0176. The SMILES string of the molecule is CCOc1ccc(/C=C2\Oc3cc(OCc4cc(Br)cc5c4OCOC5)cc(C)c3C2=O)cc1. The second-order valence-electron chi connectivity index (χ2n) is 8.01. The van der Waals surface area contributed by atoms with Crippen molar-refractivity contribution in [2.45, 2.75) is 27.1 Å². The van der Waals surface area contributed by atoms with Gasteiger partial charge in [-0.1, -0.05) is 28.1 Å². The van der Waals surface area contributed by atoms with Crippen LogP contribution in [0.3, 0.4) is 0 Å². The molecule has 0 amide bonds. The van der Waals surface area contributed by atoms with Crippen molar-refractivity contribution in [3.63, 3.8) is 0 Å². The van der Waals surface area contributed by atoms with Crippen LogP contribution in [0.25, 0.3) is 6.08 Å². The van der Waals surface area contributed by atoms with Crippen molar-refractivity contribution in [3.05, 3.63) is 86.6 Å². The highest BCUT2D eigenvalue weighted by atomic mass is 79.9. The Morgan fingerprint density at radius 1 is 1.06 bits per heavy atom. The Kier molecular flexibility index (Phi) is 6.30. The van der Waals surface area contributed by atoms with Crippen molar-refractivity contribution < 1.29 is 28.5 Å². The van der Waals surface area contributed by atoms with Crippen molar-refractivity contribution in [2.75, 3.05) is 13.4 Å². The molecule has 34 heavy (non-hydrogen) atoms. The van der Waals surface area contributed by atoms with Gasteiger partial charge in [0.1, 0.15) is 29.6 Å². The van der Waals surface area contributed by atoms with Gasteiger partial charge < -0.3 is 23.7 Å². The van der Waals surface area contributed by atoms with Gasteiger partial charge in [-0.2, -0.15) is 0 Å². The lowest BCUT2D eigenvalue weighted by Crippen LogP contribution is -2.14. The number of aryl methyl sites for hydroxylation is 1. The van der Waals surface area contributed by atoms with Gasteiger partial charge in [-0.15, -0.1) is 0 Å². The summed E-state index contributed by atoms with van der Waals surface area (Å²) in [7, 11) is 0. The van der Waals surface area contributed by atoms with E-state index < -0.39 is 0 Å². The first-order valence-electron chi connectivity index (χ1n) is 11.0. The average Bonchev–Trinajstić information content (AvgIpc) is 3.14. The number of ether oxygens (including phenoxy) is 5. The van der Waals surface area contributed by atoms with Gasteiger partial charge in [0.2, 0.25) is 5.78 Å². The molecule has 174 valence electrons. The van der Waals surface area contributed by atoms with Crippen molar-refractivity contribution >= 4 is 27.8 Å². The molecule has 2 aliphatic rings. The smallest absolute Gasteiger partial charge is 0.232 e. The Bertz CT molecular complexity index is 1280. The van der Waals surface area contributed by atoms with Gasteiger partial charge in [0.25, 0.3) is 0 Å². The van der Waals surface area contributed by atoms with E-state index in [0.717, 1.165) is 38.2 Å². The summed E-state index contributed by atoms with van der Waals surface area (Å²) in [5.74, 6) is 2.84. The zero-order chi connectivity index (χ0) is 23.7. The highest BCUT2D eigenvalue weighted by Crippen LogP contribution is 2.38. The van der Waals surface area contributed by atoms with E-state index in [2.05, 4.69) is 15.9 Å². The number of ketones is 1. The fourth-order valence-corrected chi connectivity index (χ4v) is 4.62. The largest absolute Gasteiger partial charge is 0.494 e. The van der Waals surface area contributed by atoms with Crippen LogP contribution >= 0.6 is 15.9 Å². The summed E-state index contributed by atoms with van der Waals surface area (Å²) in [6, 6.07) is 15.1. The molecular formula is C27H23BrO6. The van der Waals surface area contributed by atoms with E-state index in [-0.39, 0.29) is 18.3 Å². The van der Waals surface area contributed by atoms with Gasteiger partial charge in [0, 0.05) is 21.7 Å². The topological polar surface area (TPSA) is 63.2 Å². The number of benzene rings is 3. The van der Waals surface area contributed by atoms with Crippen molar-refractivity contribution in [2.24, 2.45) is 0 Å². The number of rotatable bonds is 6. The minimum atomic E-state index is -0.137. The van der Waals surface area contributed by atoms with Crippen LogP contribution in [-0.4, -0.2) is 19.2 Å². The number of fused-ring (bicyclic) bond motifs is 2. The molecule has 2 heterocycles. The maximum Gasteiger partial charge on any atom is 0.232 e. The maximum absolute atomic E-state index is 13.0. The third kappa shape index (κ3) is 4.54. The van der Waals surface area contributed by atoms with Gasteiger partial charge in [0.15, 0.2) is 12.6 Å². The fraction of sp³-hybridized carbons (Fsp3) is 0.222. The Morgan fingerprint density at radius 3 is 2.68 bits per heavy atom. The molecular weight excluding hydrogens is 500 g/mol. The summed E-state index contributed by atoms with van der Waals surface area (Å²) in [6.45, 7) is 5.45. The second kappa shape index (κ2) is 9.52. The highest BCUT2D eigenvalue weighted by molar-refractivity contribution is 9.10. The van der Waals surface area contributed by atoms with Crippen molar-refractivity contribution in [3.8, 4) is 23.0 Å². The van der Waals surface area contributed by atoms with Crippen LogP contribution in [0, 0.1) is 6.92 Å². The number of halogens is 1. The minimum absolute atomic E-state index is 0.137. The highest BCUT2D eigenvalue weighted by Gasteiger charge is 2.30. The van der Waals surface area contributed by atoms with Crippen LogP contribution in [0.4, 0.5) is 0 Å². The van der Waals surface area contributed by atoms with Crippen LogP contribution in [0.15, 0.2) is 58.8 Å². The first-order valence-corrected chi connectivity index (χ1v) is 11.8. The van der Waals surface area contributed by atoms with E-state index in [4.69, 9.17) is 23.7 Å². The summed E-state index contributed by atoms with van der Waals surface area (Å²) in [6.07, 6.45) is 1.74. The van der Waals surface area contributed by atoms with Gasteiger partial charge in [-0.3, -0.25) is 4.79 Å². The van der Waals surface area contributed by atoms with E-state index in [9.17, 15) is 4.79 Å². The zero-order valence-corrected chi connectivity index (χ0v) is 20.4. The number of hydrogen-bond acceptors (Lipinski definition) is 6. The molecule has 0 aliphatic carbocycles. The minimum Gasteiger partial charge on any atom is -0.494 e. The van der Waals surface area contributed by atoms with E-state index >= 15 is 0 Å². The molecule has 0 atom stereocenters. The molecule has 3 aromatic rings. The number of Topliss-reactive ketones (excluding diaryl/α,β-unsaturated/α-hetero) is 1. The maximum atomic E-state index is 13.0. The third-order valence-electron chi connectivity index (χ3n) is 5.58. The van der Waals surface area contributed by atoms with Gasteiger partial charge >= 0.3 is 0 Å². The van der Waals surface area contributed by atoms with Gasteiger partial charge in [-0.05, 0) is 61.4 Å². The average molecular weight is 523 g/mol. The molecule has 0 fully saturated rings. The normalized spacial score (nSPS) is 15.4. The number of carbonyl (C=O) groups is 1. The van der Waals surface area contributed by atoms with Crippen LogP contribution in [0.2, 0.25) is 0 Å². The van der Waals surface area contributed by atoms with Crippen LogP contribution in [0.5, 0.6) is 23.0 Å². The Hall–Kier alpha value is -3.29. The number of allylic oxidation sites excluding steroid dienone is 1. The lowest BCUT2D eigenvalue weighted by atomic mass is 10.0. The molecule has 5 rings (SSSR count). The van der Waals surface area contributed by atoms with E-state index in [1.165, 1.54) is 0 Å². The van der Waals surface area contributed by atoms with Gasteiger partial charge in [-0.25, -0.2) is 0 Å². The molecule has 0 saturated heterocycles. The van der Waals surface area contributed by atoms with Crippen LogP contribution < -0.4 is 18.9 Å². The molecule has 0 unspecified atom stereocenters. The Morgan fingerprint density at radius 2 is 1.88 bits per heavy atom. The molecule has 2 aliphatic heterocycles. The predicted molar refractivity (Wildman–Crippen MR) is 130 cm³/mol. The van der Waals surface area contributed by atoms with E-state index in [1.807, 2.05) is 56.3 Å².